The fraction of sp³-hybridized carbons (Fsp3) is 0.500. The van der Waals surface area contributed by atoms with Gasteiger partial charge < -0.3 is 25.5 Å². The Hall–Kier alpha value is -1.72. The van der Waals surface area contributed by atoms with Gasteiger partial charge in [-0.25, -0.2) is 9.78 Å². The predicted molar refractivity (Wildman–Crippen MR) is 104 cm³/mol. The van der Waals surface area contributed by atoms with Gasteiger partial charge in [0.1, 0.15) is 5.70 Å². The summed E-state index contributed by atoms with van der Waals surface area (Å²) in [5.74, 6) is -2.23. The zero-order chi connectivity index (χ0) is 20.2. The quantitative estimate of drug-likeness (QED) is 0.494. The fourth-order valence-electron chi connectivity index (χ4n) is 4.10. The largest absolute Gasteiger partial charge is 0.477 e. The molecule has 1 aromatic heterocycles. The molecule has 0 aliphatic carbocycles. The van der Waals surface area contributed by atoms with Crippen molar-refractivity contribution in [1.29, 1.82) is 0 Å². The van der Waals surface area contributed by atoms with Crippen LogP contribution in [0, 0.1) is 11.8 Å². The summed E-state index contributed by atoms with van der Waals surface area (Å²) in [6, 6.07) is -0.400. The molecule has 1 saturated heterocycles. The highest BCUT2D eigenvalue weighted by Gasteiger charge is 2.60. The van der Waals surface area contributed by atoms with Gasteiger partial charge in [0.15, 0.2) is 4.34 Å². The smallest absolute Gasteiger partial charge is 0.353 e. The SMILES string of the molecule is C[C@@H](O)[C@H]1C(=O)N2C(C(=O)O)=C(Sc3nc(C4=C[C@H](CO)NC4)cs3)[C@H](C)[C@H]12. The molecule has 3 aliphatic heterocycles. The molecule has 5 atom stereocenters. The number of hydrogen-bond acceptors (Lipinski definition) is 8. The first-order valence-electron chi connectivity index (χ1n) is 9.00. The second-order valence-corrected chi connectivity index (χ2v) is 9.38. The van der Waals surface area contributed by atoms with Crippen LogP contribution in [-0.2, 0) is 9.59 Å². The molecule has 4 N–H and O–H groups in total. The molecule has 8 nitrogen and oxygen atoms in total. The molecular formula is C18H21N3O5S2. The molecule has 1 aromatic rings. The number of amides is 1. The fourth-order valence-corrected chi connectivity index (χ4v) is 6.21. The van der Waals surface area contributed by atoms with E-state index in [1.807, 2.05) is 18.4 Å². The van der Waals surface area contributed by atoms with Gasteiger partial charge in [0.05, 0.1) is 30.4 Å². The lowest BCUT2D eigenvalue weighted by Gasteiger charge is -2.46. The van der Waals surface area contributed by atoms with Gasteiger partial charge in [-0.15, -0.1) is 11.3 Å². The number of nitrogens with zero attached hydrogens (tertiary/aromatic N) is 2. The van der Waals surface area contributed by atoms with Crippen molar-refractivity contribution in [3.63, 3.8) is 0 Å². The number of β-lactam (4-membered cyclic amide) rings is 1. The number of carboxylic acid groups (broad SMARTS) is 1. The van der Waals surface area contributed by atoms with Crippen molar-refractivity contribution in [3.8, 4) is 0 Å². The number of aliphatic hydroxyl groups excluding tert-OH is 2. The number of nitrogens with one attached hydrogen (secondary N) is 1. The van der Waals surface area contributed by atoms with Crippen LogP contribution in [0.1, 0.15) is 19.5 Å². The Kier molecular flexibility index (Phi) is 5.09. The molecule has 3 aliphatic rings. The molecule has 0 saturated carbocycles. The third kappa shape index (κ3) is 3.00. The summed E-state index contributed by atoms with van der Waals surface area (Å²) in [4.78, 5) is 30.8. The third-order valence-corrected chi connectivity index (χ3v) is 7.70. The predicted octanol–water partition coefficient (Wildman–Crippen LogP) is 0.736. The lowest BCUT2D eigenvalue weighted by molar-refractivity contribution is -0.163. The molecule has 0 bridgehead atoms. The number of aromatic nitrogens is 1. The molecule has 0 radical (unpaired) electrons. The second kappa shape index (κ2) is 7.27. The summed E-state index contributed by atoms with van der Waals surface area (Å²) in [6.45, 7) is 4.10. The first-order chi connectivity index (χ1) is 13.3. The van der Waals surface area contributed by atoms with Gasteiger partial charge in [-0.3, -0.25) is 4.79 Å². The number of carbonyl (C=O) groups excluding carboxylic acids is 1. The molecule has 150 valence electrons. The van der Waals surface area contributed by atoms with E-state index in [2.05, 4.69) is 10.3 Å². The first-order valence-corrected chi connectivity index (χ1v) is 10.7. The standard InChI is InChI=1S/C18H21N3O5S2/c1-7-13-12(8(2)23)16(24)21(13)14(17(25)26)15(7)28-18-20-11(6-27-18)9-3-10(5-22)19-4-9/h3,6-8,10,12-13,19,22-23H,4-5H2,1-2H3,(H,25,26)/t7-,8-,10-,12-,13-/m1/s1. The first kappa shape index (κ1) is 19.6. The number of aliphatic carboxylic acids is 1. The minimum absolute atomic E-state index is 0.00300. The lowest BCUT2D eigenvalue weighted by atomic mass is 9.79. The van der Waals surface area contributed by atoms with Crippen molar-refractivity contribution in [3.05, 3.63) is 27.8 Å². The molecule has 1 fully saturated rings. The maximum absolute atomic E-state index is 12.4. The summed E-state index contributed by atoms with van der Waals surface area (Å²) in [5, 5.41) is 33.9. The molecule has 0 spiro atoms. The second-order valence-electron chi connectivity index (χ2n) is 7.23. The summed E-state index contributed by atoms with van der Waals surface area (Å²) in [5.41, 5.74) is 1.81. The summed E-state index contributed by atoms with van der Waals surface area (Å²) in [6.07, 6.45) is 1.13. The molecule has 0 aromatic carbocycles. The number of carbonyl (C=O) groups is 2. The van der Waals surface area contributed by atoms with Gasteiger partial charge in [0, 0.05) is 28.8 Å². The normalized spacial score (nSPS) is 30.4. The molecule has 0 unspecified atom stereocenters. The maximum Gasteiger partial charge on any atom is 0.353 e. The van der Waals surface area contributed by atoms with E-state index in [4.69, 9.17) is 0 Å². The van der Waals surface area contributed by atoms with Gasteiger partial charge in [0.2, 0.25) is 5.91 Å². The number of rotatable bonds is 6. The average Bonchev–Trinajstić information content (AvgIpc) is 3.33. The Morgan fingerprint density at radius 3 is 2.89 bits per heavy atom. The third-order valence-electron chi connectivity index (χ3n) is 5.47. The van der Waals surface area contributed by atoms with E-state index in [1.54, 1.807) is 6.92 Å². The highest BCUT2D eigenvalue weighted by molar-refractivity contribution is 8.04. The van der Waals surface area contributed by atoms with Gasteiger partial charge in [-0.1, -0.05) is 24.8 Å². The topological polar surface area (TPSA) is 123 Å². The van der Waals surface area contributed by atoms with E-state index in [0.717, 1.165) is 11.3 Å². The van der Waals surface area contributed by atoms with Crippen molar-refractivity contribution >= 4 is 40.5 Å². The average molecular weight is 424 g/mol. The van der Waals surface area contributed by atoms with Crippen LogP contribution in [0.2, 0.25) is 0 Å². The zero-order valence-corrected chi connectivity index (χ0v) is 17.0. The highest BCUT2D eigenvalue weighted by atomic mass is 32.2. The van der Waals surface area contributed by atoms with E-state index < -0.39 is 18.0 Å². The van der Waals surface area contributed by atoms with Crippen LogP contribution in [0.5, 0.6) is 0 Å². The van der Waals surface area contributed by atoms with Gasteiger partial charge in [-0.2, -0.15) is 0 Å². The molecule has 4 heterocycles. The van der Waals surface area contributed by atoms with Crippen molar-refractivity contribution in [2.24, 2.45) is 11.8 Å². The number of fused-ring (bicyclic) bond motifs is 1. The highest BCUT2D eigenvalue weighted by Crippen LogP contribution is 2.52. The Labute approximate surface area is 170 Å². The minimum Gasteiger partial charge on any atom is -0.477 e. The Balaban J connectivity index is 1.59. The van der Waals surface area contributed by atoms with Crippen LogP contribution in [0.4, 0.5) is 0 Å². The number of hydrogen-bond donors (Lipinski definition) is 4. The molecule has 4 rings (SSSR count). The van der Waals surface area contributed by atoms with E-state index in [9.17, 15) is 24.9 Å². The van der Waals surface area contributed by atoms with E-state index in [-0.39, 0.29) is 36.2 Å². The molecular weight excluding hydrogens is 402 g/mol. The van der Waals surface area contributed by atoms with Crippen LogP contribution in [0.25, 0.3) is 5.57 Å². The summed E-state index contributed by atoms with van der Waals surface area (Å²) in [7, 11) is 0. The van der Waals surface area contributed by atoms with Crippen LogP contribution < -0.4 is 5.32 Å². The van der Waals surface area contributed by atoms with Crippen molar-refractivity contribution in [1.82, 2.24) is 15.2 Å². The van der Waals surface area contributed by atoms with Gasteiger partial charge in [0.25, 0.3) is 0 Å². The Morgan fingerprint density at radius 2 is 2.29 bits per heavy atom. The van der Waals surface area contributed by atoms with Crippen LogP contribution >= 0.6 is 23.1 Å². The summed E-state index contributed by atoms with van der Waals surface area (Å²) < 4.78 is 0.701. The van der Waals surface area contributed by atoms with Crippen molar-refractivity contribution < 1.29 is 24.9 Å². The molecule has 28 heavy (non-hydrogen) atoms. The van der Waals surface area contributed by atoms with Crippen LogP contribution in [0.15, 0.2) is 26.4 Å². The molecule has 1 amide bonds. The van der Waals surface area contributed by atoms with E-state index in [1.165, 1.54) is 28.0 Å². The maximum atomic E-state index is 12.4. The monoisotopic (exact) mass is 423 g/mol. The number of thioether (sulfide) groups is 1. The molecule has 10 heteroatoms. The van der Waals surface area contributed by atoms with Crippen LogP contribution in [-0.4, -0.2) is 68.4 Å². The Morgan fingerprint density at radius 1 is 1.54 bits per heavy atom. The van der Waals surface area contributed by atoms with Crippen molar-refractivity contribution in [2.45, 2.75) is 36.4 Å². The van der Waals surface area contributed by atoms with E-state index >= 15 is 0 Å². The summed E-state index contributed by atoms with van der Waals surface area (Å²) >= 11 is 2.70. The number of thiazole rings is 1. The van der Waals surface area contributed by atoms with Gasteiger partial charge in [-0.05, 0) is 12.5 Å². The van der Waals surface area contributed by atoms with E-state index in [0.29, 0.717) is 15.8 Å². The lowest BCUT2D eigenvalue weighted by Crippen LogP contribution is -2.63. The van der Waals surface area contributed by atoms with Crippen molar-refractivity contribution in [2.75, 3.05) is 13.2 Å². The number of aliphatic hydroxyl groups is 2. The number of carboxylic acids is 1. The van der Waals surface area contributed by atoms with Gasteiger partial charge >= 0.3 is 5.97 Å². The Bertz CT molecular complexity index is 894. The van der Waals surface area contributed by atoms with Crippen LogP contribution in [0.3, 0.4) is 0 Å². The zero-order valence-electron chi connectivity index (χ0n) is 15.3. The minimum atomic E-state index is -1.14.